The van der Waals surface area contributed by atoms with E-state index in [2.05, 4.69) is 19.0 Å². The first-order valence-electron chi connectivity index (χ1n) is 7.33. The highest BCUT2D eigenvalue weighted by atomic mass is 16.5. The fourth-order valence-electron chi connectivity index (χ4n) is 3.26. The highest BCUT2D eigenvalue weighted by Crippen LogP contribution is 2.41. The minimum atomic E-state index is -0.496. The van der Waals surface area contributed by atoms with Crippen LogP contribution in [0.25, 0.3) is 0 Å². The van der Waals surface area contributed by atoms with Gasteiger partial charge in [0, 0.05) is 12.5 Å². The van der Waals surface area contributed by atoms with E-state index in [1.54, 1.807) is 0 Å². The SMILES string of the molecule is CC1(C)CCCCC1C(=O)N1CCOC(C(N)=NO)C1. The number of nitrogens with zero attached hydrogens (tertiary/aromatic N) is 2. The summed E-state index contributed by atoms with van der Waals surface area (Å²) in [5, 5.41) is 11.7. The average Bonchev–Trinajstić information content (AvgIpc) is 2.45. The topological polar surface area (TPSA) is 88.2 Å². The van der Waals surface area contributed by atoms with Gasteiger partial charge in [-0.05, 0) is 18.3 Å². The number of nitrogens with two attached hydrogens (primary N) is 1. The van der Waals surface area contributed by atoms with Gasteiger partial charge < -0.3 is 20.6 Å². The van der Waals surface area contributed by atoms with Crippen molar-refractivity contribution < 1.29 is 14.7 Å². The number of ether oxygens (including phenoxy) is 1. The van der Waals surface area contributed by atoms with Gasteiger partial charge in [-0.15, -0.1) is 0 Å². The maximum atomic E-state index is 12.8. The summed E-state index contributed by atoms with van der Waals surface area (Å²) in [4.78, 5) is 14.6. The Morgan fingerprint density at radius 3 is 2.85 bits per heavy atom. The van der Waals surface area contributed by atoms with Crippen molar-refractivity contribution in [3.8, 4) is 0 Å². The van der Waals surface area contributed by atoms with Crippen LogP contribution in [0.1, 0.15) is 39.5 Å². The van der Waals surface area contributed by atoms with Gasteiger partial charge in [-0.2, -0.15) is 0 Å². The summed E-state index contributed by atoms with van der Waals surface area (Å²) < 4.78 is 5.44. The predicted molar refractivity (Wildman–Crippen MR) is 75.5 cm³/mol. The van der Waals surface area contributed by atoms with Crippen LogP contribution in [-0.4, -0.2) is 47.7 Å². The molecule has 1 aliphatic carbocycles. The van der Waals surface area contributed by atoms with Crippen molar-refractivity contribution in [2.45, 2.75) is 45.6 Å². The molecule has 6 heteroatoms. The summed E-state index contributed by atoms with van der Waals surface area (Å²) in [7, 11) is 0. The molecule has 1 amide bonds. The minimum Gasteiger partial charge on any atom is -0.409 e. The Morgan fingerprint density at radius 2 is 2.20 bits per heavy atom. The van der Waals surface area contributed by atoms with E-state index in [4.69, 9.17) is 15.7 Å². The molecule has 0 bridgehead atoms. The third-order valence-electron chi connectivity index (χ3n) is 4.63. The normalized spacial score (nSPS) is 31.1. The smallest absolute Gasteiger partial charge is 0.226 e. The summed E-state index contributed by atoms with van der Waals surface area (Å²) in [6, 6.07) is 0. The molecule has 2 rings (SSSR count). The molecule has 1 aliphatic heterocycles. The second-order valence-electron chi connectivity index (χ2n) is 6.46. The molecule has 0 aromatic rings. The highest BCUT2D eigenvalue weighted by molar-refractivity contribution is 5.86. The zero-order valence-corrected chi connectivity index (χ0v) is 12.3. The molecule has 2 unspecified atom stereocenters. The number of carbonyl (C=O) groups excluding carboxylic acids is 1. The number of morpholine rings is 1. The third kappa shape index (κ3) is 3.06. The Kier molecular flexibility index (Phi) is 4.52. The first kappa shape index (κ1) is 15.1. The number of carbonyl (C=O) groups is 1. The fourth-order valence-corrected chi connectivity index (χ4v) is 3.26. The maximum Gasteiger partial charge on any atom is 0.226 e. The van der Waals surface area contributed by atoms with Crippen molar-refractivity contribution in [2.24, 2.45) is 22.2 Å². The molecule has 0 radical (unpaired) electrons. The molecule has 2 fully saturated rings. The van der Waals surface area contributed by atoms with Gasteiger partial charge in [-0.3, -0.25) is 4.79 Å². The molecular weight excluding hydrogens is 258 g/mol. The van der Waals surface area contributed by atoms with E-state index in [1.165, 1.54) is 6.42 Å². The molecule has 2 atom stereocenters. The highest BCUT2D eigenvalue weighted by Gasteiger charge is 2.40. The van der Waals surface area contributed by atoms with Crippen LogP contribution >= 0.6 is 0 Å². The van der Waals surface area contributed by atoms with E-state index in [1.807, 2.05) is 4.90 Å². The van der Waals surface area contributed by atoms with Crippen LogP contribution in [0.15, 0.2) is 5.16 Å². The second kappa shape index (κ2) is 5.99. The number of hydrogen-bond donors (Lipinski definition) is 2. The standard InChI is InChI=1S/C14H25N3O3/c1-14(2)6-4-3-5-10(14)13(18)17-7-8-20-11(9-17)12(15)16-19/h10-11,19H,3-9H2,1-2H3,(H2,15,16). The molecule has 0 spiro atoms. The van der Waals surface area contributed by atoms with Crippen molar-refractivity contribution in [2.75, 3.05) is 19.7 Å². The van der Waals surface area contributed by atoms with Crippen LogP contribution in [-0.2, 0) is 9.53 Å². The van der Waals surface area contributed by atoms with Gasteiger partial charge in [0.05, 0.1) is 13.2 Å². The molecular formula is C14H25N3O3. The number of hydrogen-bond acceptors (Lipinski definition) is 4. The van der Waals surface area contributed by atoms with Gasteiger partial charge in [0.25, 0.3) is 0 Å². The van der Waals surface area contributed by atoms with Crippen molar-refractivity contribution >= 4 is 11.7 Å². The molecule has 1 saturated heterocycles. The predicted octanol–water partition coefficient (Wildman–Crippen LogP) is 1.18. The quantitative estimate of drug-likeness (QED) is 0.345. The molecule has 0 aromatic carbocycles. The lowest BCUT2D eigenvalue weighted by Crippen LogP contribution is -2.53. The van der Waals surface area contributed by atoms with Crippen LogP contribution in [0, 0.1) is 11.3 Å². The second-order valence-corrected chi connectivity index (χ2v) is 6.46. The Balaban J connectivity index is 2.04. The zero-order chi connectivity index (χ0) is 14.8. The lowest BCUT2D eigenvalue weighted by atomic mass is 9.68. The molecule has 2 aliphatic rings. The van der Waals surface area contributed by atoms with E-state index >= 15 is 0 Å². The van der Waals surface area contributed by atoms with Crippen LogP contribution in [0.2, 0.25) is 0 Å². The van der Waals surface area contributed by atoms with Crippen LogP contribution in [0.5, 0.6) is 0 Å². The molecule has 6 nitrogen and oxygen atoms in total. The van der Waals surface area contributed by atoms with E-state index in [0.717, 1.165) is 19.3 Å². The Morgan fingerprint density at radius 1 is 1.45 bits per heavy atom. The number of oxime groups is 1. The Bertz CT molecular complexity index is 395. The summed E-state index contributed by atoms with van der Waals surface area (Å²) in [5.41, 5.74) is 5.63. The van der Waals surface area contributed by atoms with E-state index in [0.29, 0.717) is 19.7 Å². The minimum absolute atomic E-state index is 0.0328. The van der Waals surface area contributed by atoms with Crippen molar-refractivity contribution in [1.82, 2.24) is 4.90 Å². The van der Waals surface area contributed by atoms with Gasteiger partial charge in [-0.25, -0.2) is 0 Å². The van der Waals surface area contributed by atoms with Crippen molar-refractivity contribution in [3.05, 3.63) is 0 Å². The summed E-state index contributed by atoms with van der Waals surface area (Å²) in [6.45, 7) is 5.74. The largest absolute Gasteiger partial charge is 0.409 e. The van der Waals surface area contributed by atoms with E-state index < -0.39 is 6.10 Å². The van der Waals surface area contributed by atoms with Crippen molar-refractivity contribution in [3.63, 3.8) is 0 Å². The maximum absolute atomic E-state index is 12.8. The fraction of sp³-hybridized carbons (Fsp3) is 0.857. The monoisotopic (exact) mass is 283 g/mol. The molecule has 0 aromatic heterocycles. The summed E-state index contributed by atoms with van der Waals surface area (Å²) >= 11 is 0. The Hall–Kier alpha value is -1.30. The number of amides is 1. The first-order valence-corrected chi connectivity index (χ1v) is 7.33. The first-order chi connectivity index (χ1) is 9.45. The average molecular weight is 283 g/mol. The molecule has 1 saturated carbocycles. The third-order valence-corrected chi connectivity index (χ3v) is 4.63. The molecule has 1 heterocycles. The number of rotatable bonds is 2. The Labute approximate surface area is 119 Å². The zero-order valence-electron chi connectivity index (χ0n) is 12.3. The van der Waals surface area contributed by atoms with Gasteiger partial charge in [0.1, 0.15) is 6.10 Å². The van der Waals surface area contributed by atoms with Gasteiger partial charge >= 0.3 is 0 Å². The van der Waals surface area contributed by atoms with E-state index in [9.17, 15) is 4.79 Å². The van der Waals surface area contributed by atoms with Crippen LogP contribution in [0.3, 0.4) is 0 Å². The summed E-state index contributed by atoms with van der Waals surface area (Å²) in [5.74, 6) is 0.293. The van der Waals surface area contributed by atoms with Crippen LogP contribution in [0.4, 0.5) is 0 Å². The van der Waals surface area contributed by atoms with Gasteiger partial charge in [-0.1, -0.05) is 31.8 Å². The molecule has 3 N–H and O–H groups in total. The summed E-state index contributed by atoms with van der Waals surface area (Å²) in [6.07, 6.45) is 3.87. The lowest BCUT2D eigenvalue weighted by Gasteiger charge is -2.42. The van der Waals surface area contributed by atoms with Gasteiger partial charge in [0.15, 0.2) is 5.84 Å². The van der Waals surface area contributed by atoms with E-state index in [-0.39, 0.29) is 23.1 Å². The molecule has 20 heavy (non-hydrogen) atoms. The van der Waals surface area contributed by atoms with Crippen LogP contribution < -0.4 is 5.73 Å². The number of amidine groups is 1. The molecule has 114 valence electrons. The van der Waals surface area contributed by atoms with Gasteiger partial charge in [0.2, 0.25) is 5.91 Å². The van der Waals surface area contributed by atoms with Crippen molar-refractivity contribution in [1.29, 1.82) is 0 Å². The lowest BCUT2D eigenvalue weighted by molar-refractivity contribution is -0.146.